The maximum Gasteiger partial charge on any atom is 0.238 e. The highest BCUT2D eigenvalue weighted by Gasteiger charge is 2.34. The Morgan fingerprint density at radius 1 is 0.544 bits per heavy atom. The lowest BCUT2D eigenvalue weighted by Gasteiger charge is -2.17. The van der Waals surface area contributed by atoms with Crippen LogP contribution >= 0.6 is 0 Å². The number of aromatic nitrogens is 4. The fraction of sp³-hybridized carbons (Fsp3) is 0.0392. The van der Waals surface area contributed by atoms with Crippen molar-refractivity contribution >= 4 is 49.3 Å². The number of para-hydroxylation sites is 3. The number of benzene rings is 7. The van der Waals surface area contributed by atoms with Gasteiger partial charge in [-0.25, -0.2) is 4.98 Å². The second kappa shape index (κ2) is 12.5. The maximum absolute atomic E-state index is 6.80. The van der Waals surface area contributed by atoms with E-state index in [9.17, 15) is 0 Å². The van der Waals surface area contributed by atoms with Gasteiger partial charge in [0.15, 0.2) is 11.6 Å². The number of hydrogen-bond acceptors (Lipinski definition) is 5. The molecule has 1 aliphatic heterocycles. The summed E-state index contributed by atoms with van der Waals surface area (Å²) < 4.78 is 15.3. The van der Waals surface area contributed by atoms with Gasteiger partial charge < -0.3 is 9.15 Å². The third-order valence-electron chi connectivity index (χ3n) is 11.4. The Morgan fingerprint density at radius 2 is 1.25 bits per heavy atom. The minimum Gasteiger partial charge on any atom is -0.460 e. The zero-order valence-electron chi connectivity index (χ0n) is 30.6. The Labute approximate surface area is 327 Å². The predicted molar refractivity (Wildman–Crippen MR) is 228 cm³/mol. The number of allylic oxidation sites excluding steroid dienone is 4. The van der Waals surface area contributed by atoms with Crippen LogP contribution < -0.4 is 4.74 Å². The molecular weight excluding hydrogens is 701 g/mol. The lowest BCUT2D eigenvalue weighted by Crippen LogP contribution is -2.07. The quantitative estimate of drug-likeness (QED) is 0.176. The fourth-order valence-corrected chi connectivity index (χ4v) is 8.87. The highest BCUT2D eigenvalue weighted by atomic mass is 16.5. The minimum atomic E-state index is 0.188. The summed E-state index contributed by atoms with van der Waals surface area (Å²) >= 11 is 0. The standard InChI is InChI=1S/C51H32N4O2/c1-3-14-31(15-4-1)35-21-12-23-39-37-29-28-33(30-45(37)57-48(35)39)34-20-11-22-38-36-18-7-9-25-42(36)55(47(34)38)51-53-49(32-16-5-2-6-17-32)52-50(54-51)41-24-13-27-44-46(41)40-19-8-10-26-43(40)56-44/h1-22,24-30,39H,23H2. The van der Waals surface area contributed by atoms with E-state index >= 15 is 0 Å². The molecule has 10 aromatic rings. The summed E-state index contributed by atoms with van der Waals surface area (Å²) in [5.41, 5.74) is 11.1. The molecule has 7 aromatic carbocycles. The zero-order chi connectivity index (χ0) is 37.5. The first-order chi connectivity index (χ1) is 28.3. The predicted octanol–water partition coefficient (Wildman–Crippen LogP) is 12.7. The minimum absolute atomic E-state index is 0.188. The molecule has 0 amide bonds. The average Bonchev–Trinajstić information content (AvgIpc) is 3.96. The number of ether oxygens (including phenoxy) is 1. The molecule has 0 spiro atoms. The maximum atomic E-state index is 6.80. The van der Waals surface area contributed by atoms with Crippen molar-refractivity contribution in [1.29, 1.82) is 0 Å². The van der Waals surface area contributed by atoms with Crippen molar-refractivity contribution in [2.75, 3.05) is 0 Å². The average molecular weight is 733 g/mol. The molecule has 1 atom stereocenters. The molecule has 0 saturated heterocycles. The number of furan rings is 1. The summed E-state index contributed by atoms with van der Waals surface area (Å²) in [7, 11) is 0. The molecule has 57 heavy (non-hydrogen) atoms. The van der Waals surface area contributed by atoms with Crippen molar-refractivity contribution in [2.45, 2.75) is 12.3 Å². The summed E-state index contributed by atoms with van der Waals surface area (Å²) in [6, 6.07) is 56.6. The van der Waals surface area contributed by atoms with E-state index in [0.717, 1.165) is 89.5 Å². The van der Waals surface area contributed by atoms with E-state index in [2.05, 4.69) is 120 Å². The van der Waals surface area contributed by atoms with Crippen molar-refractivity contribution in [3.05, 3.63) is 193 Å². The van der Waals surface area contributed by atoms with Crippen molar-refractivity contribution in [1.82, 2.24) is 19.5 Å². The first kappa shape index (κ1) is 31.7. The number of rotatable bonds is 5. The van der Waals surface area contributed by atoms with Gasteiger partial charge in [0.1, 0.15) is 22.7 Å². The van der Waals surface area contributed by atoms with Gasteiger partial charge in [-0.05, 0) is 41.8 Å². The zero-order valence-corrected chi connectivity index (χ0v) is 30.6. The van der Waals surface area contributed by atoms with Gasteiger partial charge in [-0.3, -0.25) is 4.57 Å². The van der Waals surface area contributed by atoms with Crippen LogP contribution in [0.15, 0.2) is 186 Å². The van der Waals surface area contributed by atoms with E-state index in [0.29, 0.717) is 17.6 Å². The first-order valence-electron chi connectivity index (χ1n) is 19.3. The molecule has 6 nitrogen and oxygen atoms in total. The van der Waals surface area contributed by atoms with Gasteiger partial charge in [0.25, 0.3) is 0 Å². The smallest absolute Gasteiger partial charge is 0.238 e. The highest BCUT2D eigenvalue weighted by Crippen LogP contribution is 2.50. The summed E-state index contributed by atoms with van der Waals surface area (Å²) in [4.78, 5) is 15.8. The van der Waals surface area contributed by atoms with Gasteiger partial charge in [0.2, 0.25) is 5.95 Å². The Kier molecular flexibility index (Phi) is 6.95. The van der Waals surface area contributed by atoms with Gasteiger partial charge >= 0.3 is 0 Å². The molecule has 3 aromatic heterocycles. The Bertz CT molecular complexity index is 3300. The molecule has 0 fully saturated rings. The third-order valence-corrected chi connectivity index (χ3v) is 11.4. The van der Waals surface area contributed by atoms with Gasteiger partial charge in [0.05, 0.1) is 11.0 Å². The summed E-state index contributed by atoms with van der Waals surface area (Å²) in [6.07, 6.45) is 5.38. The van der Waals surface area contributed by atoms with Crippen molar-refractivity contribution in [2.24, 2.45) is 0 Å². The third kappa shape index (κ3) is 4.94. The normalized spacial score (nSPS) is 14.8. The number of hydrogen-bond donors (Lipinski definition) is 0. The first-order valence-corrected chi connectivity index (χ1v) is 19.3. The van der Waals surface area contributed by atoms with E-state index in [1.807, 2.05) is 60.7 Å². The molecule has 0 bridgehead atoms. The van der Waals surface area contributed by atoms with Crippen molar-refractivity contribution in [3.63, 3.8) is 0 Å². The highest BCUT2D eigenvalue weighted by molar-refractivity contribution is 6.14. The Hall–Kier alpha value is -7.57. The van der Waals surface area contributed by atoms with Crippen molar-refractivity contribution < 1.29 is 9.15 Å². The van der Waals surface area contributed by atoms with Crippen molar-refractivity contribution in [3.8, 4) is 45.6 Å². The Morgan fingerprint density at radius 3 is 2.12 bits per heavy atom. The molecule has 0 radical (unpaired) electrons. The van der Waals surface area contributed by atoms with Crippen LogP contribution in [-0.4, -0.2) is 19.5 Å². The van der Waals surface area contributed by atoms with Crippen LogP contribution in [0.1, 0.15) is 23.5 Å². The second-order valence-corrected chi connectivity index (χ2v) is 14.7. The number of nitrogens with zero attached hydrogens (tertiary/aromatic N) is 4. The molecule has 12 rings (SSSR count). The molecular formula is C51H32N4O2. The van der Waals surface area contributed by atoms with E-state index in [1.165, 1.54) is 11.1 Å². The SMILES string of the molecule is C1=CC(c2ccccc2)=C2Oc3cc(-c4cccc5c6ccccc6n(-c6nc(-c7ccccc7)nc(-c7cccc8oc9ccccc9c78)n6)c45)ccc3C2C1. The molecule has 268 valence electrons. The summed E-state index contributed by atoms with van der Waals surface area (Å²) in [5.74, 6) is 3.81. The second-order valence-electron chi connectivity index (χ2n) is 14.7. The number of fused-ring (bicyclic) bond motifs is 9. The van der Waals surface area contributed by atoms with Crippen LogP contribution in [0.2, 0.25) is 0 Å². The van der Waals surface area contributed by atoms with Crippen LogP contribution in [0.25, 0.3) is 89.2 Å². The lowest BCUT2D eigenvalue weighted by molar-refractivity contribution is 0.429. The van der Waals surface area contributed by atoms with E-state index in [4.69, 9.17) is 24.1 Å². The Balaban J connectivity index is 1.09. The molecule has 4 heterocycles. The van der Waals surface area contributed by atoms with Gasteiger partial charge in [-0.2, -0.15) is 9.97 Å². The topological polar surface area (TPSA) is 66.0 Å². The summed E-state index contributed by atoms with van der Waals surface area (Å²) in [5, 5.41) is 4.23. The van der Waals surface area contributed by atoms with Gasteiger partial charge in [-0.15, -0.1) is 0 Å². The monoisotopic (exact) mass is 732 g/mol. The van der Waals surface area contributed by atoms with E-state index < -0.39 is 0 Å². The molecule has 2 aliphatic rings. The molecule has 6 heteroatoms. The lowest BCUT2D eigenvalue weighted by atomic mass is 9.86. The van der Waals surface area contributed by atoms with Crippen LogP contribution in [-0.2, 0) is 0 Å². The van der Waals surface area contributed by atoms with Crippen LogP contribution in [0.4, 0.5) is 0 Å². The van der Waals surface area contributed by atoms with Gasteiger partial charge in [-0.1, -0.05) is 152 Å². The van der Waals surface area contributed by atoms with Crippen LogP contribution in [0.5, 0.6) is 5.75 Å². The summed E-state index contributed by atoms with van der Waals surface area (Å²) in [6.45, 7) is 0. The molecule has 1 unspecified atom stereocenters. The van der Waals surface area contributed by atoms with E-state index in [-0.39, 0.29) is 5.92 Å². The van der Waals surface area contributed by atoms with E-state index in [1.54, 1.807) is 0 Å². The molecule has 1 aliphatic carbocycles. The van der Waals surface area contributed by atoms with Crippen LogP contribution in [0.3, 0.4) is 0 Å². The van der Waals surface area contributed by atoms with Gasteiger partial charge in [0, 0.05) is 55.3 Å². The molecule has 0 saturated carbocycles. The van der Waals surface area contributed by atoms with Crippen LogP contribution in [0, 0.1) is 0 Å². The molecule has 0 N–H and O–H groups in total. The largest absolute Gasteiger partial charge is 0.460 e. The fourth-order valence-electron chi connectivity index (χ4n) is 8.87.